The number of H-pyrrole nitrogens is 1. The Morgan fingerprint density at radius 2 is 1.66 bits per heavy atom. The van der Waals surface area contributed by atoms with Gasteiger partial charge in [0.2, 0.25) is 0 Å². The van der Waals surface area contributed by atoms with Gasteiger partial charge in [0.05, 0.1) is 13.2 Å². The van der Waals surface area contributed by atoms with Gasteiger partial charge < -0.3 is 46.7 Å². The number of phosphoric ester groups is 1. The Morgan fingerprint density at radius 1 is 1.03 bits per heavy atom. The van der Waals surface area contributed by atoms with Crippen LogP contribution in [0.3, 0.4) is 0 Å². The number of phosphoric acid groups is 1. The molecule has 2 aliphatic heterocycles. The van der Waals surface area contributed by atoms with Crippen LogP contribution < -0.4 is 28.8 Å². The van der Waals surface area contributed by atoms with Gasteiger partial charge in [-0.05, 0) is 6.07 Å². The Labute approximate surface area is 211 Å². The van der Waals surface area contributed by atoms with Crippen LogP contribution in [-0.4, -0.2) is 94.3 Å². The van der Waals surface area contributed by atoms with Gasteiger partial charge in [0, 0.05) is 18.5 Å². The molecule has 2 fully saturated rings. The molecule has 1 unspecified atom stereocenters. The maximum Gasteiger partial charge on any atom is 0.472 e. The van der Waals surface area contributed by atoms with Gasteiger partial charge in [-0.25, -0.2) is 14.2 Å². The minimum absolute atomic E-state index is 0. The van der Waals surface area contributed by atoms with Gasteiger partial charge in [-0.1, -0.05) is 0 Å². The third-order valence-corrected chi connectivity index (χ3v) is 6.72. The first kappa shape index (κ1) is 29.7. The van der Waals surface area contributed by atoms with Crippen LogP contribution in [0.5, 0.6) is 0 Å². The van der Waals surface area contributed by atoms with Crippen molar-refractivity contribution in [1.29, 1.82) is 0 Å². The van der Waals surface area contributed by atoms with Gasteiger partial charge in [0.25, 0.3) is 5.56 Å². The Kier molecular flexibility index (Phi) is 9.01. The fourth-order valence-corrected chi connectivity index (χ4v) is 4.89. The van der Waals surface area contributed by atoms with E-state index in [9.17, 15) is 44.3 Å². The number of aliphatic hydroxyl groups is 4. The summed E-state index contributed by atoms with van der Waals surface area (Å²) >= 11 is 0. The van der Waals surface area contributed by atoms with E-state index in [0.717, 1.165) is 21.4 Å². The van der Waals surface area contributed by atoms with Gasteiger partial charge in [0.1, 0.15) is 42.4 Å². The van der Waals surface area contributed by atoms with Crippen molar-refractivity contribution in [2.24, 2.45) is 0 Å². The predicted octanol–water partition coefficient (Wildman–Crippen LogP) is -4.09. The number of rotatable bonds is 8. The largest absolute Gasteiger partial charge is 0.472 e. The first-order valence-electron chi connectivity index (χ1n) is 10.7. The highest BCUT2D eigenvalue weighted by Crippen LogP contribution is 2.49. The summed E-state index contributed by atoms with van der Waals surface area (Å²) in [7, 11) is -5.04. The molecule has 0 radical (unpaired) electrons. The number of nitrogens with two attached hydrogens (primary N) is 1. The van der Waals surface area contributed by atoms with E-state index >= 15 is 0 Å². The van der Waals surface area contributed by atoms with E-state index in [2.05, 4.69) is 4.98 Å². The molecular formula is C18H27N6O13P. The second-order valence-electron chi connectivity index (χ2n) is 8.18. The summed E-state index contributed by atoms with van der Waals surface area (Å²) in [4.78, 5) is 51.0. The van der Waals surface area contributed by atoms with E-state index in [4.69, 9.17) is 24.3 Å². The highest BCUT2D eigenvalue weighted by molar-refractivity contribution is 7.47. The Morgan fingerprint density at radius 3 is 2.29 bits per heavy atom. The topological polar surface area (TPSA) is 306 Å². The number of nitrogen functional groups attached to an aromatic ring is 1. The smallest absolute Gasteiger partial charge is 0.394 e. The van der Waals surface area contributed by atoms with E-state index in [1.807, 2.05) is 4.98 Å². The number of hydrogen-bond donors (Lipinski definition) is 8. The van der Waals surface area contributed by atoms with E-state index in [-0.39, 0.29) is 12.0 Å². The average molecular weight is 566 g/mol. The molecule has 2 aromatic rings. The van der Waals surface area contributed by atoms with Crippen LogP contribution in [0.4, 0.5) is 5.82 Å². The standard InChI is InChI=1S/C18H24N5O13P.H3N/c19-9-1-3-22(17(29)20-9)15-12(27)11(26)8(35-15)6-33-37(31,32)36-14-7(5-24)34-16(13(14)28)23-4-2-10(25)21-18(23)30;/h1-4,7-8,11-16,24,26-28H,5-6H2,(H,31,32)(H2,19,20,29)(H,21,25,30);1H3/t7-,8-,11-,12-,13-,14-,15-,16-;/m1./s1. The van der Waals surface area contributed by atoms with Crippen LogP contribution in [0.15, 0.2) is 38.9 Å². The van der Waals surface area contributed by atoms with Crippen LogP contribution in [0.2, 0.25) is 0 Å². The number of nitrogens with one attached hydrogen (secondary N) is 1. The number of anilines is 1. The lowest BCUT2D eigenvalue weighted by atomic mass is 10.1. The first-order chi connectivity index (χ1) is 17.4. The fourth-order valence-electron chi connectivity index (χ4n) is 3.92. The molecule has 0 aromatic carbocycles. The fraction of sp³-hybridized carbons (Fsp3) is 0.556. The van der Waals surface area contributed by atoms with Crippen molar-refractivity contribution < 1.29 is 48.4 Å². The summed E-state index contributed by atoms with van der Waals surface area (Å²) in [5.74, 6) is -0.0838. The molecular weight excluding hydrogens is 539 g/mol. The molecule has 4 rings (SSSR count). The molecule has 20 heteroatoms. The van der Waals surface area contributed by atoms with Crippen LogP contribution in [0, 0.1) is 0 Å². The number of aromatic nitrogens is 4. The second-order valence-corrected chi connectivity index (χ2v) is 9.58. The monoisotopic (exact) mass is 566 g/mol. The number of aliphatic hydroxyl groups excluding tert-OH is 4. The predicted molar refractivity (Wildman–Crippen MR) is 123 cm³/mol. The van der Waals surface area contributed by atoms with E-state index in [0.29, 0.717) is 0 Å². The van der Waals surface area contributed by atoms with E-state index < -0.39 is 87.1 Å². The summed E-state index contributed by atoms with van der Waals surface area (Å²) in [6.07, 6.45) is -10.2. The lowest BCUT2D eigenvalue weighted by molar-refractivity contribution is -0.0614. The molecule has 2 aliphatic rings. The molecule has 0 saturated carbocycles. The van der Waals surface area contributed by atoms with Crippen molar-refractivity contribution in [3.05, 3.63) is 55.8 Å². The van der Waals surface area contributed by atoms with Crippen LogP contribution in [0.1, 0.15) is 12.5 Å². The van der Waals surface area contributed by atoms with Crippen molar-refractivity contribution in [1.82, 2.24) is 25.3 Å². The van der Waals surface area contributed by atoms with Crippen LogP contribution in [0.25, 0.3) is 0 Å². The average Bonchev–Trinajstić information content (AvgIpc) is 3.28. The molecule has 0 aliphatic carbocycles. The minimum Gasteiger partial charge on any atom is -0.394 e. The molecule has 11 N–H and O–H groups in total. The summed E-state index contributed by atoms with van der Waals surface area (Å²) < 4.78 is 34.8. The van der Waals surface area contributed by atoms with Gasteiger partial charge in [-0.2, -0.15) is 4.98 Å². The summed E-state index contributed by atoms with van der Waals surface area (Å²) in [5.41, 5.74) is 2.88. The number of ether oxygens (including phenoxy) is 2. The summed E-state index contributed by atoms with van der Waals surface area (Å²) in [6, 6.07) is 2.23. The molecule has 2 saturated heterocycles. The van der Waals surface area contributed by atoms with Crippen LogP contribution >= 0.6 is 7.82 Å². The highest BCUT2D eigenvalue weighted by atomic mass is 31.2. The minimum atomic E-state index is -5.04. The van der Waals surface area contributed by atoms with Crippen molar-refractivity contribution in [3.63, 3.8) is 0 Å². The Balaban J connectivity index is 0.00000400. The van der Waals surface area contributed by atoms with Crippen molar-refractivity contribution in [2.75, 3.05) is 18.9 Å². The molecule has 2 aromatic heterocycles. The first-order valence-corrected chi connectivity index (χ1v) is 12.2. The lowest BCUT2D eigenvalue weighted by Crippen LogP contribution is -2.39. The normalized spacial score (nSPS) is 32.6. The third kappa shape index (κ3) is 5.92. The second kappa shape index (κ2) is 11.5. The van der Waals surface area contributed by atoms with Gasteiger partial charge in [-0.15, -0.1) is 0 Å². The molecule has 19 nitrogen and oxygen atoms in total. The summed E-state index contributed by atoms with van der Waals surface area (Å²) in [6.45, 7) is -1.60. The number of nitrogens with zero attached hydrogens (tertiary/aromatic N) is 3. The Hall–Kier alpha value is -2.81. The maximum atomic E-state index is 12.6. The highest BCUT2D eigenvalue weighted by Gasteiger charge is 2.50. The van der Waals surface area contributed by atoms with Crippen molar-refractivity contribution in [2.45, 2.75) is 49.1 Å². The maximum absolute atomic E-state index is 12.6. The zero-order chi connectivity index (χ0) is 27.1. The van der Waals surface area contributed by atoms with Crippen molar-refractivity contribution >= 4 is 13.6 Å². The quantitative estimate of drug-likeness (QED) is 0.141. The molecule has 4 heterocycles. The molecule has 0 spiro atoms. The lowest BCUT2D eigenvalue weighted by Gasteiger charge is -2.23. The molecule has 0 amide bonds. The van der Waals surface area contributed by atoms with Gasteiger partial charge in [-0.3, -0.25) is 28.0 Å². The molecule has 0 bridgehead atoms. The van der Waals surface area contributed by atoms with Gasteiger partial charge in [0.15, 0.2) is 12.5 Å². The van der Waals surface area contributed by atoms with E-state index in [1.165, 1.54) is 12.3 Å². The number of hydrogen-bond acceptors (Lipinski definition) is 15. The number of aromatic amines is 1. The third-order valence-electron chi connectivity index (χ3n) is 5.73. The Bertz CT molecular complexity index is 1350. The van der Waals surface area contributed by atoms with E-state index in [1.54, 1.807) is 0 Å². The van der Waals surface area contributed by atoms with Crippen molar-refractivity contribution in [3.8, 4) is 0 Å². The SMILES string of the molecule is N.Nc1ccn([C@@H]2O[C@H](COP(=O)(O)O[C@H]3[C@@H](O)[C@H](n4ccc(=O)[nH]c4=O)O[C@@H]3CO)[C@@H](O)[C@H]2O)c(=O)n1. The zero-order valence-electron chi connectivity index (χ0n) is 19.4. The van der Waals surface area contributed by atoms with Gasteiger partial charge >= 0.3 is 19.2 Å². The molecule has 9 atom stereocenters. The zero-order valence-corrected chi connectivity index (χ0v) is 20.3. The molecule has 38 heavy (non-hydrogen) atoms. The summed E-state index contributed by atoms with van der Waals surface area (Å²) in [5, 5.41) is 40.7. The van der Waals surface area contributed by atoms with Crippen LogP contribution in [-0.2, 0) is 23.1 Å². The molecule has 212 valence electrons.